The summed E-state index contributed by atoms with van der Waals surface area (Å²) in [7, 11) is 0. The van der Waals surface area contributed by atoms with Crippen LogP contribution >= 0.6 is 0 Å². The number of aromatic nitrogens is 5. The Bertz CT molecular complexity index is 1550. The van der Waals surface area contributed by atoms with Gasteiger partial charge < -0.3 is 19.9 Å². The van der Waals surface area contributed by atoms with Gasteiger partial charge in [-0.25, -0.2) is 24.3 Å². The number of nitrogens with zero attached hydrogens (tertiary/aromatic N) is 7. The van der Waals surface area contributed by atoms with Gasteiger partial charge in [-0.2, -0.15) is 5.10 Å². The van der Waals surface area contributed by atoms with E-state index in [0.29, 0.717) is 6.54 Å². The molecule has 40 heavy (non-hydrogen) atoms. The molecule has 6 rings (SSSR count). The van der Waals surface area contributed by atoms with Gasteiger partial charge in [0.05, 0.1) is 23.3 Å². The molecule has 10 heteroatoms. The lowest BCUT2D eigenvalue weighted by molar-refractivity contribution is 0.0509. The summed E-state index contributed by atoms with van der Waals surface area (Å²) < 4.78 is 7.35. The van der Waals surface area contributed by atoms with E-state index < -0.39 is 5.60 Å². The van der Waals surface area contributed by atoms with E-state index in [1.165, 1.54) is 5.56 Å². The first kappa shape index (κ1) is 26.3. The highest BCUT2D eigenvalue weighted by atomic mass is 16.6. The molecule has 2 atom stereocenters. The third-order valence-corrected chi connectivity index (χ3v) is 7.80. The summed E-state index contributed by atoms with van der Waals surface area (Å²) in [6.07, 6.45) is 7.49. The molecule has 2 aliphatic rings. The minimum atomic E-state index is -0.515. The predicted molar refractivity (Wildman–Crippen MR) is 156 cm³/mol. The van der Waals surface area contributed by atoms with Crippen LogP contribution in [0.1, 0.15) is 69.3 Å². The van der Waals surface area contributed by atoms with Crippen molar-refractivity contribution in [3.05, 3.63) is 53.6 Å². The molecule has 1 amide bonds. The van der Waals surface area contributed by atoms with Crippen molar-refractivity contribution in [2.45, 2.75) is 78.0 Å². The lowest BCUT2D eigenvalue weighted by atomic mass is 9.98. The number of ether oxygens (including phenoxy) is 1. The van der Waals surface area contributed by atoms with Crippen LogP contribution in [0.3, 0.4) is 0 Å². The van der Waals surface area contributed by atoms with E-state index in [-0.39, 0.29) is 18.2 Å². The van der Waals surface area contributed by atoms with Crippen LogP contribution in [0.15, 0.2) is 36.8 Å². The molecule has 2 unspecified atom stereocenters. The number of hydrogen-bond acceptors (Lipinski definition) is 8. The van der Waals surface area contributed by atoms with Gasteiger partial charge >= 0.3 is 6.09 Å². The number of nitrogens with one attached hydrogen (secondary N) is 1. The van der Waals surface area contributed by atoms with Gasteiger partial charge in [0.25, 0.3) is 0 Å². The van der Waals surface area contributed by atoms with E-state index in [2.05, 4.69) is 58.3 Å². The van der Waals surface area contributed by atoms with Crippen LogP contribution in [0, 0.1) is 13.8 Å². The Morgan fingerprint density at radius 2 is 1.90 bits per heavy atom. The van der Waals surface area contributed by atoms with Crippen molar-refractivity contribution in [2.24, 2.45) is 0 Å². The highest BCUT2D eigenvalue weighted by molar-refractivity contribution is 5.92. The lowest BCUT2D eigenvalue weighted by Gasteiger charge is -2.36. The number of fused-ring (bicyclic) bond motifs is 2. The molecular formula is C30H38N8O2. The fourth-order valence-electron chi connectivity index (χ4n) is 6.02. The molecule has 2 fully saturated rings. The van der Waals surface area contributed by atoms with Gasteiger partial charge in [0.15, 0.2) is 5.65 Å². The van der Waals surface area contributed by atoms with Crippen LogP contribution in [0.2, 0.25) is 0 Å². The zero-order chi connectivity index (χ0) is 28.0. The molecule has 5 heterocycles. The van der Waals surface area contributed by atoms with Crippen molar-refractivity contribution >= 4 is 34.3 Å². The van der Waals surface area contributed by atoms with Crippen molar-refractivity contribution in [3.8, 4) is 0 Å². The molecule has 1 aromatic carbocycles. The predicted octanol–water partition coefficient (Wildman–Crippen LogP) is 5.12. The molecule has 0 bridgehead atoms. The van der Waals surface area contributed by atoms with Crippen molar-refractivity contribution in [1.82, 2.24) is 29.9 Å². The Kier molecular flexibility index (Phi) is 6.72. The molecule has 210 valence electrons. The molecule has 0 radical (unpaired) electrons. The third-order valence-electron chi connectivity index (χ3n) is 7.80. The number of rotatable bonds is 4. The quantitative estimate of drug-likeness (QED) is 0.379. The molecule has 1 N–H and O–H groups in total. The van der Waals surface area contributed by atoms with E-state index in [9.17, 15) is 4.79 Å². The second-order valence-corrected chi connectivity index (χ2v) is 12.1. The third kappa shape index (κ3) is 5.14. The molecule has 0 spiro atoms. The average molecular weight is 543 g/mol. The monoisotopic (exact) mass is 542 g/mol. The van der Waals surface area contributed by atoms with Crippen LogP contribution in [0.4, 0.5) is 16.4 Å². The van der Waals surface area contributed by atoms with Crippen LogP contribution in [-0.2, 0) is 4.74 Å². The van der Waals surface area contributed by atoms with E-state index >= 15 is 0 Å². The van der Waals surface area contributed by atoms with Gasteiger partial charge in [-0.05, 0) is 71.9 Å². The van der Waals surface area contributed by atoms with Crippen LogP contribution < -0.4 is 15.1 Å². The van der Waals surface area contributed by atoms with Gasteiger partial charge in [-0.15, -0.1) is 0 Å². The number of anilines is 2. The van der Waals surface area contributed by atoms with Gasteiger partial charge in [0.1, 0.15) is 23.6 Å². The first-order chi connectivity index (χ1) is 19.2. The molecule has 0 aliphatic carbocycles. The fourth-order valence-corrected chi connectivity index (χ4v) is 6.02. The Balaban J connectivity index is 1.26. The molecule has 2 saturated heterocycles. The fraction of sp³-hybridized carbons (Fsp3) is 0.500. The van der Waals surface area contributed by atoms with Crippen molar-refractivity contribution in [3.63, 3.8) is 0 Å². The first-order valence-electron chi connectivity index (χ1n) is 14.2. The first-order valence-corrected chi connectivity index (χ1v) is 14.2. The van der Waals surface area contributed by atoms with E-state index in [4.69, 9.17) is 19.8 Å². The SMILES string of the molecule is Cc1cn2nc(C3CCCCN3c3ncnc4cccc(C)c34)cc2nc1N1CCC(NC(=O)OC(C)(C)C)C1. The number of carbonyl (C=O) groups excluding carboxylic acids is 1. The molecule has 10 nitrogen and oxygen atoms in total. The van der Waals surface area contributed by atoms with E-state index in [1.807, 2.05) is 31.4 Å². The minimum absolute atomic E-state index is 0.0229. The minimum Gasteiger partial charge on any atom is -0.444 e. The molecule has 4 aromatic rings. The zero-order valence-electron chi connectivity index (χ0n) is 24.0. The summed E-state index contributed by atoms with van der Waals surface area (Å²) >= 11 is 0. The van der Waals surface area contributed by atoms with Gasteiger partial charge in [-0.3, -0.25) is 0 Å². The number of piperidine rings is 1. The number of hydrogen-bond donors (Lipinski definition) is 1. The average Bonchev–Trinajstić information content (AvgIpc) is 3.53. The van der Waals surface area contributed by atoms with Gasteiger partial charge in [0.2, 0.25) is 0 Å². The van der Waals surface area contributed by atoms with Crippen LogP contribution in [-0.4, -0.2) is 61.9 Å². The Morgan fingerprint density at radius 1 is 1.05 bits per heavy atom. The van der Waals surface area contributed by atoms with E-state index in [1.54, 1.807) is 6.33 Å². The smallest absolute Gasteiger partial charge is 0.407 e. The molecule has 0 saturated carbocycles. The Hall–Kier alpha value is -3.95. The lowest BCUT2D eigenvalue weighted by Crippen LogP contribution is -2.40. The summed E-state index contributed by atoms with van der Waals surface area (Å²) in [4.78, 5) is 31.3. The standard InChI is InChI=1S/C30H38N8O2/c1-19-9-8-10-22-26(19)28(32-18-31-22)37-13-7-6-11-24(37)23-15-25-34-27(20(2)16-38(25)35-23)36-14-12-21(17-36)33-29(39)40-30(3,4)5/h8-10,15-16,18,21,24H,6-7,11-14,17H2,1-5H3,(H,33,39). The number of aryl methyl sites for hydroxylation is 2. The maximum Gasteiger partial charge on any atom is 0.407 e. The van der Waals surface area contributed by atoms with Gasteiger partial charge in [-0.1, -0.05) is 12.1 Å². The summed E-state index contributed by atoms with van der Waals surface area (Å²) in [5.74, 6) is 1.92. The molecule has 3 aromatic heterocycles. The maximum absolute atomic E-state index is 12.3. The Morgan fingerprint density at radius 3 is 2.73 bits per heavy atom. The molecular weight excluding hydrogens is 504 g/mol. The normalized spacial score (nSPS) is 19.9. The number of carbonyl (C=O) groups is 1. The topological polar surface area (TPSA) is 101 Å². The summed E-state index contributed by atoms with van der Waals surface area (Å²) in [6.45, 7) is 12.3. The maximum atomic E-state index is 12.3. The Labute approximate surface area is 234 Å². The number of benzene rings is 1. The van der Waals surface area contributed by atoms with E-state index in [0.717, 1.165) is 78.2 Å². The summed E-state index contributed by atoms with van der Waals surface area (Å²) in [6, 6.07) is 8.48. The highest BCUT2D eigenvalue weighted by Crippen LogP contribution is 2.37. The largest absolute Gasteiger partial charge is 0.444 e. The van der Waals surface area contributed by atoms with Crippen molar-refractivity contribution in [1.29, 1.82) is 0 Å². The van der Waals surface area contributed by atoms with Crippen molar-refractivity contribution < 1.29 is 9.53 Å². The summed E-state index contributed by atoms with van der Waals surface area (Å²) in [5, 5.41) is 9.13. The zero-order valence-corrected chi connectivity index (χ0v) is 24.0. The van der Waals surface area contributed by atoms with Crippen LogP contribution in [0.25, 0.3) is 16.6 Å². The second kappa shape index (κ2) is 10.2. The van der Waals surface area contributed by atoms with Gasteiger partial charge in [0, 0.05) is 42.8 Å². The second-order valence-electron chi connectivity index (χ2n) is 12.1. The van der Waals surface area contributed by atoms with Crippen LogP contribution in [0.5, 0.6) is 0 Å². The summed E-state index contributed by atoms with van der Waals surface area (Å²) in [5.41, 5.74) is 4.52. The molecule has 2 aliphatic heterocycles. The number of alkyl carbamates (subject to hydrolysis) is 1. The van der Waals surface area contributed by atoms with Crippen molar-refractivity contribution in [2.75, 3.05) is 29.4 Å². The number of amides is 1. The highest BCUT2D eigenvalue weighted by Gasteiger charge is 2.31.